The summed E-state index contributed by atoms with van der Waals surface area (Å²) in [6.45, 7) is 0.350. The standard InChI is InChI=1S/C21H17BrN2O4S/c1-26-14-8-9-15(27-2)19-18(14)23-21(29-19)24(12-13-6-4-3-5-7-13)20(25)16-10-11-17(22)28-16/h3-11H,12H2,1-2H3. The number of rotatable bonds is 6. The number of nitrogens with zero attached hydrogens (tertiary/aromatic N) is 2. The van der Waals surface area contributed by atoms with Gasteiger partial charge in [-0.2, -0.15) is 0 Å². The van der Waals surface area contributed by atoms with Gasteiger partial charge in [0.25, 0.3) is 5.91 Å². The van der Waals surface area contributed by atoms with Gasteiger partial charge in [-0.3, -0.25) is 9.69 Å². The zero-order chi connectivity index (χ0) is 20.4. The topological polar surface area (TPSA) is 64.8 Å². The van der Waals surface area contributed by atoms with Gasteiger partial charge in [-0.25, -0.2) is 4.98 Å². The van der Waals surface area contributed by atoms with Crippen LogP contribution in [0.3, 0.4) is 0 Å². The number of furan rings is 1. The molecule has 2 aromatic carbocycles. The summed E-state index contributed by atoms with van der Waals surface area (Å²) in [6, 6.07) is 16.7. The molecular formula is C21H17BrN2O4S. The van der Waals surface area contributed by atoms with E-state index in [-0.39, 0.29) is 11.7 Å². The second-order valence-corrected chi connectivity index (χ2v) is 7.88. The fourth-order valence-corrected chi connectivity index (χ4v) is 4.32. The normalized spacial score (nSPS) is 10.9. The van der Waals surface area contributed by atoms with Gasteiger partial charge in [-0.15, -0.1) is 0 Å². The lowest BCUT2D eigenvalue weighted by molar-refractivity contribution is 0.0957. The SMILES string of the molecule is COc1ccc(OC)c2sc(N(Cc3ccccc3)C(=O)c3ccc(Br)o3)nc12. The van der Waals surface area contributed by atoms with Crippen molar-refractivity contribution in [1.82, 2.24) is 4.98 Å². The van der Waals surface area contributed by atoms with Gasteiger partial charge >= 0.3 is 0 Å². The maximum absolute atomic E-state index is 13.3. The first-order valence-corrected chi connectivity index (χ1v) is 10.3. The van der Waals surface area contributed by atoms with E-state index in [0.717, 1.165) is 10.3 Å². The Hall–Kier alpha value is -2.84. The molecule has 2 heterocycles. The zero-order valence-corrected chi connectivity index (χ0v) is 18.1. The molecule has 0 unspecified atom stereocenters. The Labute approximate surface area is 179 Å². The lowest BCUT2D eigenvalue weighted by atomic mass is 10.2. The van der Waals surface area contributed by atoms with E-state index in [1.165, 1.54) is 11.3 Å². The number of thiazole rings is 1. The molecule has 29 heavy (non-hydrogen) atoms. The molecule has 8 heteroatoms. The van der Waals surface area contributed by atoms with Crippen LogP contribution in [0.15, 0.2) is 63.7 Å². The van der Waals surface area contributed by atoms with E-state index >= 15 is 0 Å². The largest absolute Gasteiger partial charge is 0.495 e. The van der Waals surface area contributed by atoms with Gasteiger partial charge in [0, 0.05) is 0 Å². The number of amides is 1. The van der Waals surface area contributed by atoms with E-state index < -0.39 is 0 Å². The average Bonchev–Trinajstić information content (AvgIpc) is 3.38. The Morgan fingerprint density at radius 2 is 1.79 bits per heavy atom. The molecule has 6 nitrogen and oxygen atoms in total. The van der Waals surface area contributed by atoms with E-state index in [9.17, 15) is 4.79 Å². The van der Waals surface area contributed by atoms with Gasteiger partial charge in [0.1, 0.15) is 21.7 Å². The van der Waals surface area contributed by atoms with Gasteiger partial charge in [-0.05, 0) is 45.8 Å². The third-order valence-electron chi connectivity index (χ3n) is 4.34. The molecule has 0 radical (unpaired) electrons. The summed E-state index contributed by atoms with van der Waals surface area (Å²) in [4.78, 5) is 19.6. The van der Waals surface area contributed by atoms with Crippen molar-refractivity contribution < 1.29 is 18.7 Å². The van der Waals surface area contributed by atoms with Gasteiger partial charge < -0.3 is 13.9 Å². The lowest BCUT2D eigenvalue weighted by Crippen LogP contribution is -2.30. The van der Waals surface area contributed by atoms with E-state index in [2.05, 4.69) is 15.9 Å². The Balaban J connectivity index is 1.83. The van der Waals surface area contributed by atoms with E-state index in [4.69, 9.17) is 18.9 Å². The van der Waals surface area contributed by atoms with Crippen LogP contribution in [0.4, 0.5) is 5.13 Å². The third kappa shape index (κ3) is 3.86. The predicted octanol–water partition coefficient (Wildman–Crippen LogP) is 5.52. The lowest BCUT2D eigenvalue weighted by Gasteiger charge is -2.18. The van der Waals surface area contributed by atoms with Gasteiger partial charge in [-0.1, -0.05) is 41.7 Å². The van der Waals surface area contributed by atoms with Crippen molar-refractivity contribution in [3.63, 3.8) is 0 Å². The molecule has 0 aliphatic heterocycles. The minimum absolute atomic E-state index is 0.228. The highest BCUT2D eigenvalue weighted by Gasteiger charge is 2.26. The number of ether oxygens (including phenoxy) is 2. The minimum Gasteiger partial charge on any atom is -0.495 e. The van der Waals surface area contributed by atoms with Crippen molar-refractivity contribution in [3.05, 3.63) is 70.6 Å². The smallest absolute Gasteiger partial charge is 0.296 e. The summed E-state index contributed by atoms with van der Waals surface area (Å²) in [5, 5.41) is 0.532. The van der Waals surface area contributed by atoms with Crippen LogP contribution in [0.5, 0.6) is 11.5 Å². The average molecular weight is 473 g/mol. The summed E-state index contributed by atoms with van der Waals surface area (Å²) in [6.07, 6.45) is 0. The monoisotopic (exact) mass is 472 g/mol. The number of fused-ring (bicyclic) bond motifs is 1. The number of aromatic nitrogens is 1. The summed E-state index contributed by atoms with van der Waals surface area (Å²) in [5.41, 5.74) is 1.63. The quantitative estimate of drug-likeness (QED) is 0.369. The highest BCUT2D eigenvalue weighted by atomic mass is 79.9. The molecule has 0 saturated carbocycles. The van der Waals surface area contributed by atoms with E-state index in [0.29, 0.717) is 33.4 Å². The minimum atomic E-state index is -0.281. The molecule has 0 aliphatic carbocycles. The van der Waals surface area contributed by atoms with Crippen molar-refractivity contribution in [3.8, 4) is 11.5 Å². The van der Waals surface area contributed by atoms with Crippen LogP contribution in [-0.4, -0.2) is 25.1 Å². The maximum Gasteiger partial charge on any atom is 0.296 e. The number of anilines is 1. The Kier molecular flexibility index (Phi) is 5.55. The van der Waals surface area contributed by atoms with Crippen molar-refractivity contribution in [2.75, 3.05) is 19.1 Å². The fraction of sp³-hybridized carbons (Fsp3) is 0.143. The molecule has 0 atom stereocenters. The van der Waals surface area contributed by atoms with Crippen LogP contribution in [0.25, 0.3) is 10.2 Å². The van der Waals surface area contributed by atoms with Gasteiger partial charge in [0.05, 0.1) is 20.8 Å². The maximum atomic E-state index is 13.3. The third-order valence-corrected chi connectivity index (χ3v) is 5.86. The summed E-state index contributed by atoms with van der Waals surface area (Å²) in [7, 11) is 3.20. The number of hydrogen-bond donors (Lipinski definition) is 0. The molecule has 0 saturated heterocycles. The van der Waals surface area contributed by atoms with Gasteiger partial charge in [0.15, 0.2) is 15.6 Å². The van der Waals surface area contributed by atoms with Crippen LogP contribution < -0.4 is 14.4 Å². The summed E-state index contributed by atoms with van der Waals surface area (Å²) >= 11 is 4.63. The molecule has 4 rings (SSSR count). The molecule has 1 amide bonds. The van der Waals surface area contributed by atoms with Crippen LogP contribution in [0.2, 0.25) is 0 Å². The van der Waals surface area contributed by atoms with Crippen molar-refractivity contribution in [2.45, 2.75) is 6.54 Å². The molecule has 4 aromatic rings. The number of hydrogen-bond acceptors (Lipinski definition) is 6. The number of carbonyl (C=O) groups is 1. The molecule has 0 aliphatic rings. The van der Waals surface area contributed by atoms with E-state index in [1.807, 2.05) is 36.4 Å². The Morgan fingerprint density at radius 1 is 1.07 bits per heavy atom. The first-order chi connectivity index (χ1) is 14.1. The molecule has 0 spiro atoms. The zero-order valence-electron chi connectivity index (χ0n) is 15.7. The van der Waals surface area contributed by atoms with Crippen molar-refractivity contribution in [2.24, 2.45) is 0 Å². The van der Waals surface area contributed by atoms with Crippen LogP contribution in [0, 0.1) is 0 Å². The summed E-state index contributed by atoms with van der Waals surface area (Å²) in [5.74, 6) is 1.25. The number of methoxy groups -OCH3 is 2. The predicted molar refractivity (Wildman–Crippen MR) is 116 cm³/mol. The van der Waals surface area contributed by atoms with E-state index in [1.54, 1.807) is 37.3 Å². The van der Waals surface area contributed by atoms with Gasteiger partial charge in [0.2, 0.25) is 0 Å². The fourth-order valence-electron chi connectivity index (χ4n) is 2.94. The first kappa shape index (κ1) is 19.5. The second kappa shape index (κ2) is 8.26. The number of benzene rings is 2. The molecule has 2 aromatic heterocycles. The molecular weight excluding hydrogens is 456 g/mol. The second-order valence-electron chi connectivity index (χ2n) is 6.12. The highest BCUT2D eigenvalue weighted by molar-refractivity contribution is 9.10. The van der Waals surface area contributed by atoms with Crippen LogP contribution >= 0.6 is 27.3 Å². The summed E-state index contributed by atoms with van der Waals surface area (Å²) < 4.78 is 17.7. The molecule has 148 valence electrons. The Morgan fingerprint density at radius 3 is 2.45 bits per heavy atom. The van der Waals surface area contributed by atoms with Crippen molar-refractivity contribution in [1.29, 1.82) is 0 Å². The molecule has 0 N–H and O–H groups in total. The Bertz CT molecular complexity index is 1120. The number of carbonyl (C=O) groups excluding carboxylic acids is 1. The highest BCUT2D eigenvalue weighted by Crippen LogP contribution is 2.40. The molecule has 0 fully saturated rings. The molecule has 0 bridgehead atoms. The van der Waals surface area contributed by atoms with Crippen LogP contribution in [0.1, 0.15) is 16.1 Å². The first-order valence-electron chi connectivity index (χ1n) is 8.73. The van der Waals surface area contributed by atoms with Crippen LogP contribution in [-0.2, 0) is 6.54 Å². The van der Waals surface area contributed by atoms with Crippen molar-refractivity contribution >= 4 is 48.5 Å². The number of halogens is 1.